The van der Waals surface area contributed by atoms with Gasteiger partial charge in [-0.05, 0) is 6.07 Å². The third kappa shape index (κ3) is 3.17. The number of carbonyl (C=O) groups is 4. The Bertz CT molecular complexity index is 807. The van der Waals surface area contributed by atoms with Crippen LogP contribution in [0.25, 0.3) is 0 Å². The van der Waals surface area contributed by atoms with E-state index in [1.54, 1.807) is 48.6 Å². The Morgan fingerprint density at radius 3 is 2.08 bits per heavy atom. The Kier molecular flexibility index (Phi) is 4.75. The zero-order valence-corrected chi connectivity index (χ0v) is 14.7. The van der Waals surface area contributed by atoms with Crippen molar-refractivity contribution in [1.29, 1.82) is 0 Å². The SMILES string of the molecule is CN1CCC(=O)c2[nH]ccc2C1=O.CN1CCC(=O)c2c[nH]cc2C1=O. The number of nitrogens with one attached hydrogen (secondary N) is 2. The maximum atomic E-state index is 11.6. The number of carbonyl (C=O) groups excluding carboxylic acids is 4. The molecule has 2 aliphatic heterocycles. The topological polar surface area (TPSA) is 106 Å². The quantitative estimate of drug-likeness (QED) is 0.743. The Hall–Kier alpha value is -3.16. The van der Waals surface area contributed by atoms with E-state index >= 15 is 0 Å². The molecule has 8 nitrogen and oxygen atoms in total. The molecule has 0 unspecified atom stereocenters. The number of Topliss-reactive ketones (excluding diaryl/α,β-unsaturated/α-hetero) is 2. The summed E-state index contributed by atoms with van der Waals surface area (Å²) in [5.74, 6) is -0.115. The van der Waals surface area contributed by atoms with E-state index in [1.165, 1.54) is 0 Å². The summed E-state index contributed by atoms with van der Waals surface area (Å²) < 4.78 is 0. The standard InChI is InChI=1S/2C9H10N2O2/c1-11-5-3-7(12)8-6(9(11)13)2-4-10-8;1-11-3-2-8(12)6-4-10-5-7(6)9(11)13/h2,4,10H,3,5H2,1H3;4-5,10H,2-3H2,1H3. The molecule has 0 bridgehead atoms. The van der Waals surface area contributed by atoms with Crippen molar-refractivity contribution in [3.63, 3.8) is 0 Å². The first-order valence-electron chi connectivity index (χ1n) is 8.31. The lowest BCUT2D eigenvalue weighted by Gasteiger charge is -2.12. The van der Waals surface area contributed by atoms with Crippen LogP contribution in [-0.2, 0) is 0 Å². The van der Waals surface area contributed by atoms with Crippen LogP contribution in [0.1, 0.15) is 54.4 Å². The second-order valence-electron chi connectivity index (χ2n) is 6.35. The van der Waals surface area contributed by atoms with E-state index in [2.05, 4.69) is 9.97 Å². The number of hydrogen-bond acceptors (Lipinski definition) is 4. The predicted molar refractivity (Wildman–Crippen MR) is 93.4 cm³/mol. The minimum Gasteiger partial charge on any atom is -0.366 e. The predicted octanol–water partition coefficient (Wildman–Crippen LogP) is 1.35. The fourth-order valence-corrected chi connectivity index (χ4v) is 2.96. The van der Waals surface area contributed by atoms with Gasteiger partial charge in [0.05, 0.1) is 16.8 Å². The number of aromatic nitrogens is 2. The van der Waals surface area contributed by atoms with E-state index in [0.717, 1.165) is 0 Å². The van der Waals surface area contributed by atoms with Crippen LogP contribution in [0.3, 0.4) is 0 Å². The van der Waals surface area contributed by atoms with E-state index < -0.39 is 0 Å². The van der Waals surface area contributed by atoms with Crippen molar-refractivity contribution in [2.75, 3.05) is 27.2 Å². The normalized spacial score (nSPS) is 17.2. The van der Waals surface area contributed by atoms with Crippen molar-refractivity contribution >= 4 is 23.4 Å². The summed E-state index contributed by atoms with van der Waals surface area (Å²) in [5.41, 5.74) is 1.96. The van der Waals surface area contributed by atoms with Gasteiger partial charge in [0.25, 0.3) is 11.8 Å². The van der Waals surface area contributed by atoms with Crippen LogP contribution < -0.4 is 0 Å². The second kappa shape index (κ2) is 6.99. The van der Waals surface area contributed by atoms with Crippen molar-refractivity contribution < 1.29 is 19.2 Å². The Morgan fingerprint density at radius 2 is 1.38 bits per heavy atom. The lowest BCUT2D eigenvalue weighted by atomic mass is 10.1. The van der Waals surface area contributed by atoms with E-state index in [9.17, 15) is 19.2 Å². The molecule has 0 atom stereocenters. The molecule has 26 heavy (non-hydrogen) atoms. The van der Waals surface area contributed by atoms with E-state index in [4.69, 9.17) is 0 Å². The molecule has 0 saturated carbocycles. The number of rotatable bonds is 0. The molecule has 4 rings (SSSR count). The van der Waals surface area contributed by atoms with Crippen molar-refractivity contribution in [2.24, 2.45) is 0 Å². The third-order valence-electron chi connectivity index (χ3n) is 4.57. The summed E-state index contributed by atoms with van der Waals surface area (Å²) in [7, 11) is 3.41. The van der Waals surface area contributed by atoms with Gasteiger partial charge in [0, 0.05) is 64.2 Å². The molecule has 0 aromatic carbocycles. The van der Waals surface area contributed by atoms with Gasteiger partial charge < -0.3 is 19.8 Å². The first kappa shape index (κ1) is 17.7. The van der Waals surface area contributed by atoms with Crippen LogP contribution in [0, 0.1) is 0 Å². The average molecular weight is 356 g/mol. The molecule has 2 N–H and O–H groups in total. The van der Waals surface area contributed by atoms with Crippen LogP contribution in [0.4, 0.5) is 0 Å². The molecule has 8 heteroatoms. The molecular weight excluding hydrogens is 336 g/mol. The largest absolute Gasteiger partial charge is 0.366 e. The van der Waals surface area contributed by atoms with Crippen LogP contribution in [0.15, 0.2) is 24.7 Å². The fraction of sp³-hybridized carbons (Fsp3) is 0.333. The highest BCUT2D eigenvalue weighted by molar-refractivity contribution is 6.09. The first-order chi connectivity index (χ1) is 12.4. The summed E-state index contributed by atoms with van der Waals surface area (Å²) in [6.07, 6.45) is 5.61. The first-order valence-corrected chi connectivity index (χ1v) is 8.31. The molecule has 4 heterocycles. The smallest absolute Gasteiger partial charge is 0.255 e. The van der Waals surface area contributed by atoms with Gasteiger partial charge in [0.1, 0.15) is 0 Å². The molecule has 0 aliphatic carbocycles. The molecule has 2 aliphatic rings. The summed E-state index contributed by atoms with van der Waals surface area (Å²) >= 11 is 0. The Morgan fingerprint density at radius 1 is 0.808 bits per heavy atom. The molecule has 136 valence electrons. The van der Waals surface area contributed by atoms with E-state index in [0.29, 0.717) is 48.3 Å². The molecule has 0 fully saturated rings. The average Bonchev–Trinajstić information content (AvgIpc) is 3.28. The molecular formula is C18H20N4O4. The minimum absolute atomic E-state index is 0.0118. The van der Waals surface area contributed by atoms with E-state index in [1.807, 2.05) is 0 Å². The lowest BCUT2D eigenvalue weighted by molar-refractivity contribution is 0.0787. The molecule has 2 amide bonds. The number of ketones is 2. The Labute approximate surface area is 150 Å². The van der Waals surface area contributed by atoms with Crippen LogP contribution >= 0.6 is 0 Å². The van der Waals surface area contributed by atoms with Crippen molar-refractivity contribution in [1.82, 2.24) is 19.8 Å². The number of nitrogens with zero attached hydrogens (tertiary/aromatic N) is 2. The maximum Gasteiger partial charge on any atom is 0.255 e. The zero-order chi connectivity index (χ0) is 18.8. The lowest BCUT2D eigenvalue weighted by Crippen LogP contribution is -2.26. The van der Waals surface area contributed by atoms with Gasteiger partial charge in [-0.25, -0.2) is 0 Å². The zero-order valence-electron chi connectivity index (χ0n) is 14.7. The molecule has 2 aromatic heterocycles. The number of H-pyrrole nitrogens is 2. The molecule has 0 spiro atoms. The monoisotopic (exact) mass is 356 g/mol. The van der Waals surface area contributed by atoms with Gasteiger partial charge in [0.15, 0.2) is 11.6 Å². The van der Waals surface area contributed by atoms with Gasteiger partial charge in [-0.2, -0.15) is 0 Å². The Balaban J connectivity index is 0.000000151. The highest BCUT2D eigenvalue weighted by atomic mass is 16.2. The van der Waals surface area contributed by atoms with Crippen LogP contribution in [0.2, 0.25) is 0 Å². The number of amides is 2. The third-order valence-corrected chi connectivity index (χ3v) is 4.57. The number of aromatic amines is 2. The highest BCUT2D eigenvalue weighted by Gasteiger charge is 2.26. The summed E-state index contributed by atoms with van der Waals surface area (Å²) in [6.45, 7) is 1.01. The summed E-state index contributed by atoms with van der Waals surface area (Å²) in [5, 5.41) is 0. The summed E-state index contributed by atoms with van der Waals surface area (Å²) in [6, 6.07) is 1.65. The van der Waals surface area contributed by atoms with Gasteiger partial charge in [-0.3, -0.25) is 19.2 Å². The van der Waals surface area contributed by atoms with Gasteiger partial charge in [0.2, 0.25) is 0 Å². The highest BCUT2D eigenvalue weighted by Crippen LogP contribution is 2.17. The van der Waals surface area contributed by atoms with Crippen molar-refractivity contribution in [2.45, 2.75) is 12.8 Å². The van der Waals surface area contributed by atoms with Gasteiger partial charge >= 0.3 is 0 Å². The number of fused-ring (bicyclic) bond motifs is 2. The molecule has 0 saturated heterocycles. The maximum absolute atomic E-state index is 11.6. The second-order valence-corrected chi connectivity index (χ2v) is 6.35. The van der Waals surface area contributed by atoms with Gasteiger partial charge in [-0.15, -0.1) is 0 Å². The van der Waals surface area contributed by atoms with Crippen molar-refractivity contribution in [3.05, 3.63) is 47.0 Å². The van der Waals surface area contributed by atoms with Crippen LogP contribution in [-0.4, -0.2) is 70.3 Å². The van der Waals surface area contributed by atoms with Crippen LogP contribution in [0.5, 0.6) is 0 Å². The van der Waals surface area contributed by atoms with E-state index in [-0.39, 0.29) is 23.4 Å². The minimum atomic E-state index is -0.0814. The van der Waals surface area contributed by atoms with Crippen molar-refractivity contribution in [3.8, 4) is 0 Å². The molecule has 0 radical (unpaired) electrons. The fourth-order valence-electron chi connectivity index (χ4n) is 2.96. The van der Waals surface area contributed by atoms with Gasteiger partial charge in [-0.1, -0.05) is 0 Å². The molecule has 2 aromatic rings. The summed E-state index contributed by atoms with van der Waals surface area (Å²) in [4.78, 5) is 54.8. The number of hydrogen-bond donors (Lipinski definition) is 2.